The molecule has 0 aromatic carbocycles. The Kier molecular flexibility index (Phi) is 5.08. The Labute approximate surface area is 190 Å². The van der Waals surface area contributed by atoms with Gasteiger partial charge < -0.3 is 20.1 Å². The first-order chi connectivity index (χ1) is 16.2. The van der Waals surface area contributed by atoms with Gasteiger partial charge in [0.05, 0.1) is 30.6 Å². The van der Waals surface area contributed by atoms with Crippen molar-refractivity contribution in [3.05, 3.63) is 54.7 Å². The average molecular weight is 444 g/mol. The first kappa shape index (κ1) is 20.0. The van der Waals surface area contributed by atoms with Crippen LogP contribution >= 0.6 is 0 Å². The van der Waals surface area contributed by atoms with E-state index in [1.54, 1.807) is 18.6 Å². The average Bonchev–Trinajstić information content (AvgIpc) is 3.22. The molecule has 0 saturated carbocycles. The van der Waals surface area contributed by atoms with Crippen LogP contribution in [0, 0.1) is 6.92 Å². The number of ether oxygens (including phenoxy) is 2. The summed E-state index contributed by atoms with van der Waals surface area (Å²) in [5, 5.41) is 20.0. The molecule has 2 bridgehead atoms. The Bertz CT molecular complexity index is 1270. The van der Waals surface area contributed by atoms with Crippen molar-refractivity contribution >= 4 is 17.2 Å². The summed E-state index contributed by atoms with van der Waals surface area (Å²) in [6.45, 7) is 3.39. The maximum atomic E-state index is 6.41. The van der Waals surface area contributed by atoms with Crippen molar-refractivity contribution in [1.82, 2.24) is 35.1 Å². The molecule has 3 atom stereocenters. The van der Waals surface area contributed by atoms with Gasteiger partial charge in [0, 0.05) is 55.1 Å². The molecule has 10 heteroatoms. The Balaban J connectivity index is 1.29. The van der Waals surface area contributed by atoms with Gasteiger partial charge in [0.25, 0.3) is 0 Å². The molecular weight excluding hydrogens is 420 g/mol. The number of anilines is 2. The van der Waals surface area contributed by atoms with Crippen LogP contribution in [-0.4, -0.2) is 61.2 Å². The van der Waals surface area contributed by atoms with Crippen LogP contribution in [0.4, 0.5) is 11.6 Å². The largest absolute Gasteiger partial charge is 0.473 e. The SMILES string of the molecule is Cc1cc(-c2ccn3nc(Nc4cnccn4)cc3c2)c(OC2C[C@H]3COC[C@@H](C2)N3)nn1. The van der Waals surface area contributed by atoms with Gasteiger partial charge >= 0.3 is 0 Å². The van der Waals surface area contributed by atoms with E-state index in [-0.39, 0.29) is 6.10 Å². The minimum Gasteiger partial charge on any atom is -0.473 e. The number of piperidine rings is 1. The molecule has 2 fully saturated rings. The lowest BCUT2D eigenvalue weighted by atomic mass is 9.94. The Morgan fingerprint density at radius 2 is 1.97 bits per heavy atom. The third kappa shape index (κ3) is 4.22. The van der Waals surface area contributed by atoms with E-state index in [9.17, 15) is 0 Å². The van der Waals surface area contributed by atoms with Crippen molar-refractivity contribution in [1.29, 1.82) is 0 Å². The standard InChI is InChI=1S/C23H24N8O2/c1-14-6-20(23(29-28-14)33-19-8-16-12-32-13-17(9-19)26-16)15-2-5-31-18(7-15)10-21(30-31)27-22-11-24-3-4-25-22/h2-7,10-11,16-17,19,26H,8-9,12-13H2,1H3,(H,25,27,30)/t16-,17+,19?. The Hall–Kier alpha value is -3.63. The monoisotopic (exact) mass is 444 g/mol. The zero-order valence-electron chi connectivity index (χ0n) is 18.2. The zero-order chi connectivity index (χ0) is 22.2. The smallest absolute Gasteiger partial charge is 0.241 e. The van der Waals surface area contributed by atoms with Gasteiger partial charge in [-0.3, -0.25) is 4.98 Å². The molecular formula is C23H24N8O2. The molecule has 4 aromatic heterocycles. The van der Waals surface area contributed by atoms with Crippen LogP contribution in [0.5, 0.6) is 5.88 Å². The highest BCUT2D eigenvalue weighted by Gasteiger charge is 2.33. The highest BCUT2D eigenvalue weighted by Crippen LogP contribution is 2.32. The van der Waals surface area contributed by atoms with Gasteiger partial charge in [-0.25, -0.2) is 9.50 Å². The van der Waals surface area contributed by atoms with Crippen LogP contribution < -0.4 is 15.4 Å². The molecule has 2 aliphatic rings. The number of hydrogen-bond acceptors (Lipinski definition) is 9. The van der Waals surface area contributed by atoms with Crippen LogP contribution in [0.3, 0.4) is 0 Å². The van der Waals surface area contributed by atoms with E-state index in [2.05, 4.69) is 42.0 Å². The van der Waals surface area contributed by atoms with Crippen LogP contribution in [0.2, 0.25) is 0 Å². The molecule has 2 aliphatic heterocycles. The summed E-state index contributed by atoms with van der Waals surface area (Å²) in [6.07, 6.45) is 8.73. The van der Waals surface area contributed by atoms with Gasteiger partial charge in [-0.1, -0.05) is 0 Å². The predicted molar refractivity (Wildman–Crippen MR) is 121 cm³/mol. The minimum absolute atomic E-state index is 0.0855. The van der Waals surface area contributed by atoms with E-state index in [0.29, 0.717) is 29.6 Å². The van der Waals surface area contributed by atoms with Gasteiger partial charge in [0.1, 0.15) is 11.9 Å². The first-order valence-corrected chi connectivity index (χ1v) is 11.1. The number of rotatable bonds is 5. The van der Waals surface area contributed by atoms with Crippen molar-refractivity contribution in [3.8, 4) is 17.0 Å². The zero-order valence-corrected chi connectivity index (χ0v) is 18.2. The van der Waals surface area contributed by atoms with Crippen molar-refractivity contribution in [3.63, 3.8) is 0 Å². The fraction of sp³-hybridized carbons (Fsp3) is 0.348. The molecule has 6 rings (SSSR count). The topological polar surface area (TPSA) is 111 Å². The number of pyridine rings is 1. The molecule has 2 N–H and O–H groups in total. The molecule has 1 unspecified atom stereocenters. The molecule has 2 saturated heterocycles. The third-order valence-corrected chi connectivity index (χ3v) is 5.96. The van der Waals surface area contributed by atoms with Crippen molar-refractivity contribution < 1.29 is 9.47 Å². The van der Waals surface area contributed by atoms with E-state index >= 15 is 0 Å². The summed E-state index contributed by atoms with van der Waals surface area (Å²) in [4.78, 5) is 8.32. The van der Waals surface area contributed by atoms with Crippen LogP contribution in [0.25, 0.3) is 16.6 Å². The maximum absolute atomic E-state index is 6.41. The normalized spacial score (nSPS) is 22.3. The Morgan fingerprint density at radius 3 is 2.79 bits per heavy atom. The molecule has 0 amide bonds. The van der Waals surface area contributed by atoms with Gasteiger partial charge in [0.15, 0.2) is 5.82 Å². The lowest BCUT2D eigenvalue weighted by Gasteiger charge is -2.39. The van der Waals surface area contributed by atoms with E-state index < -0.39 is 0 Å². The number of fused-ring (bicyclic) bond motifs is 3. The molecule has 0 aliphatic carbocycles. The molecule has 168 valence electrons. The second kappa shape index (κ2) is 8.38. The fourth-order valence-corrected chi connectivity index (χ4v) is 4.53. The van der Waals surface area contributed by atoms with Gasteiger partial charge in [-0.2, -0.15) is 10.2 Å². The second-order valence-electron chi connectivity index (χ2n) is 8.54. The first-order valence-electron chi connectivity index (χ1n) is 11.1. The predicted octanol–water partition coefficient (Wildman–Crippen LogP) is 2.53. The minimum atomic E-state index is 0.0855. The maximum Gasteiger partial charge on any atom is 0.241 e. The van der Waals surface area contributed by atoms with Gasteiger partial charge in [-0.15, -0.1) is 5.10 Å². The summed E-state index contributed by atoms with van der Waals surface area (Å²) in [7, 11) is 0. The van der Waals surface area contributed by atoms with Crippen molar-refractivity contribution in [2.45, 2.75) is 38.0 Å². The van der Waals surface area contributed by atoms with Crippen LogP contribution in [0.1, 0.15) is 18.5 Å². The lowest BCUT2D eigenvalue weighted by Crippen LogP contribution is -2.56. The third-order valence-electron chi connectivity index (χ3n) is 5.96. The molecule has 0 spiro atoms. The number of aromatic nitrogens is 6. The lowest BCUT2D eigenvalue weighted by molar-refractivity contribution is -0.0132. The van der Waals surface area contributed by atoms with Gasteiger partial charge in [-0.05, 0) is 30.7 Å². The summed E-state index contributed by atoms with van der Waals surface area (Å²) < 4.78 is 13.9. The molecule has 0 radical (unpaired) electrons. The number of nitrogens with one attached hydrogen (secondary N) is 2. The highest BCUT2D eigenvalue weighted by atomic mass is 16.5. The Morgan fingerprint density at radius 1 is 1.09 bits per heavy atom. The fourth-order valence-electron chi connectivity index (χ4n) is 4.53. The van der Waals surface area contributed by atoms with Crippen molar-refractivity contribution in [2.75, 3.05) is 18.5 Å². The second-order valence-corrected chi connectivity index (χ2v) is 8.54. The van der Waals surface area contributed by atoms with E-state index in [0.717, 1.165) is 48.4 Å². The van der Waals surface area contributed by atoms with Crippen molar-refractivity contribution in [2.24, 2.45) is 0 Å². The number of hydrogen-bond donors (Lipinski definition) is 2. The number of nitrogens with zero attached hydrogens (tertiary/aromatic N) is 6. The summed E-state index contributed by atoms with van der Waals surface area (Å²) >= 11 is 0. The van der Waals surface area contributed by atoms with Crippen LogP contribution in [0.15, 0.2) is 49.1 Å². The molecule has 33 heavy (non-hydrogen) atoms. The number of morpholine rings is 1. The molecule has 6 heterocycles. The summed E-state index contributed by atoms with van der Waals surface area (Å²) in [5.41, 5.74) is 3.70. The number of aryl methyl sites for hydroxylation is 1. The van der Waals surface area contributed by atoms with Gasteiger partial charge in [0.2, 0.25) is 5.88 Å². The quantitative estimate of drug-likeness (QED) is 0.480. The summed E-state index contributed by atoms with van der Waals surface area (Å²) in [5.74, 6) is 1.90. The van der Waals surface area contributed by atoms with E-state index in [4.69, 9.17) is 9.47 Å². The summed E-state index contributed by atoms with van der Waals surface area (Å²) in [6, 6.07) is 8.73. The van der Waals surface area contributed by atoms with E-state index in [1.165, 1.54) is 0 Å². The highest BCUT2D eigenvalue weighted by molar-refractivity contribution is 5.74. The van der Waals surface area contributed by atoms with Crippen LogP contribution in [-0.2, 0) is 4.74 Å². The van der Waals surface area contributed by atoms with E-state index in [1.807, 2.05) is 35.8 Å². The molecule has 4 aromatic rings. The molecule has 10 nitrogen and oxygen atoms in total.